The molecular weight excluding hydrogens is 314 g/mol. The minimum atomic E-state index is -0.881. The molecule has 2 amide bonds. The van der Waals surface area contributed by atoms with Crippen LogP contribution in [0.1, 0.15) is 24.5 Å². The third-order valence-electron chi connectivity index (χ3n) is 4.71. The van der Waals surface area contributed by atoms with Gasteiger partial charge in [0.1, 0.15) is 11.6 Å². The molecule has 1 N–H and O–H groups in total. The first-order valence-corrected chi connectivity index (χ1v) is 8.22. The van der Waals surface area contributed by atoms with Crippen molar-refractivity contribution in [3.63, 3.8) is 0 Å². The fraction of sp³-hybridized carbons (Fsp3) is 0.250. The summed E-state index contributed by atoms with van der Waals surface area (Å²) in [6.07, 6.45) is 0.0469. The maximum Gasteiger partial charge on any atom is 0.313 e. The van der Waals surface area contributed by atoms with E-state index in [1.807, 2.05) is 60.7 Å². The fourth-order valence-electron chi connectivity index (χ4n) is 3.30. The molecule has 2 aromatic rings. The number of nitriles is 1. The lowest BCUT2D eigenvalue weighted by molar-refractivity contribution is -0.140. The molecule has 1 unspecified atom stereocenters. The van der Waals surface area contributed by atoms with Crippen molar-refractivity contribution in [2.45, 2.75) is 24.9 Å². The lowest BCUT2D eigenvalue weighted by Gasteiger charge is -2.30. The molecule has 0 saturated carbocycles. The summed E-state index contributed by atoms with van der Waals surface area (Å²) in [6.45, 7) is 2.08. The molecule has 0 bridgehead atoms. The molecule has 25 heavy (non-hydrogen) atoms. The van der Waals surface area contributed by atoms with Gasteiger partial charge >= 0.3 is 11.8 Å². The molecule has 2 aromatic carbocycles. The van der Waals surface area contributed by atoms with E-state index in [1.54, 1.807) is 6.92 Å². The van der Waals surface area contributed by atoms with E-state index in [4.69, 9.17) is 0 Å². The van der Waals surface area contributed by atoms with Gasteiger partial charge in [0, 0.05) is 6.54 Å². The van der Waals surface area contributed by atoms with Gasteiger partial charge in [0.25, 0.3) is 0 Å². The summed E-state index contributed by atoms with van der Waals surface area (Å²) in [5, 5.41) is 12.7. The Morgan fingerprint density at radius 2 is 1.56 bits per heavy atom. The van der Waals surface area contributed by atoms with Crippen molar-refractivity contribution in [3.05, 3.63) is 71.8 Å². The second-order valence-electron chi connectivity index (χ2n) is 6.15. The standard InChI is InChI=1S/C20H19N3O2/c1-15-22-18(24)19(25)23(15)13-12-20(14-21,16-8-4-2-5-9-16)17-10-6-3-7-11-17/h2-11,15H,12-13H2,1H3,(H,22,24). The Morgan fingerprint density at radius 1 is 1.04 bits per heavy atom. The Labute approximate surface area is 146 Å². The van der Waals surface area contributed by atoms with Crippen LogP contribution in [0.5, 0.6) is 0 Å². The van der Waals surface area contributed by atoms with Gasteiger partial charge in [0.2, 0.25) is 0 Å². The third kappa shape index (κ3) is 2.99. The number of rotatable bonds is 5. The summed E-state index contributed by atoms with van der Waals surface area (Å²) in [5.74, 6) is -1.13. The van der Waals surface area contributed by atoms with E-state index < -0.39 is 17.2 Å². The Hall–Kier alpha value is -3.13. The van der Waals surface area contributed by atoms with Crippen LogP contribution < -0.4 is 5.32 Å². The van der Waals surface area contributed by atoms with Crippen molar-refractivity contribution >= 4 is 11.8 Å². The van der Waals surface area contributed by atoms with Crippen LogP contribution in [0.25, 0.3) is 0 Å². The summed E-state index contributed by atoms with van der Waals surface area (Å²) < 4.78 is 0. The number of hydrogen-bond acceptors (Lipinski definition) is 3. The number of nitrogens with one attached hydrogen (secondary N) is 1. The highest BCUT2D eigenvalue weighted by Crippen LogP contribution is 2.35. The Kier molecular flexibility index (Phi) is 4.53. The number of nitrogens with zero attached hydrogens (tertiary/aromatic N) is 2. The molecule has 1 fully saturated rings. The molecule has 1 heterocycles. The number of carbonyl (C=O) groups is 2. The van der Waals surface area contributed by atoms with Crippen LogP contribution in [0.2, 0.25) is 0 Å². The second-order valence-corrected chi connectivity index (χ2v) is 6.15. The van der Waals surface area contributed by atoms with Gasteiger partial charge in [-0.2, -0.15) is 5.26 Å². The summed E-state index contributed by atoms with van der Waals surface area (Å²) in [6, 6.07) is 21.6. The van der Waals surface area contributed by atoms with Gasteiger partial charge in [-0.3, -0.25) is 9.59 Å². The summed E-state index contributed by atoms with van der Waals surface area (Å²) in [7, 11) is 0. The van der Waals surface area contributed by atoms with E-state index in [1.165, 1.54) is 4.90 Å². The highest BCUT2D eigenvalue weighted by atomic mass is 16.2. The monoisotopic (exact) mass is 333 g/mol. The van der Waals surface area contributed by atoms with Crippen LogP contribution in [0.4, 0.5) is 0 Å². The van der Waals surface area contributed by atoms with Crippen LogP contribution in [0.3, 0.4) is 0 Å². The van der Waals surface area contributed by atoms with Gasteiger partial charge in [0.05, 0.1) is 6.07 Å². The average Bonchev–Trinajstić information content (AvgIpc) is 2.90. The van der Waals surface area contributed by atoms with Crippen LogP contribution in [0, 0.1) is 11.3 Å². The minimum Gasteiger partial charge on any atom is -0.328 e. The van der Waals surface area contributed by atoms with E-state index in [9.17, 15) is 14.9 Å². The molecule has 3 rings (SSSR count). The smallest absolute Gasteiger partial charge is 0.313 e. The molecule has 5 heteroatoms. The van der Waals surface area contributed by atoms with Crippen LogP contribution >= 0.6 is 0 Å². The zero-order valence-corrected chi connectivity index (χ0v) is 14.0. The summed E-state index contributed by atoms with van der Waals surface area (Å²) in [5.41, 5.74) is 0.873. The SMILES string of the molecule is CC1NC(=O)C(=O)N1CCC(C#N)(c1ccccc1)c1ccccc1. The van der Waals surface area contributed by atoms with Gasteiger partial charge in [-0.15, -0.1) is 0 Å². The van der Waals surface area contributed by atoms with Crippen molar-refractivity contribution in [1.82, 2.24) is 10.2 Å². The molecule has 1 saturated heterocycles. The highest BCUT2D eigenvalue weighted by Gasteiger charge is 2.39. The quantitative estimate of drug-likeness (QED) is 0.853. The number of hydrogen-bond donors (Lipinski definition) is 1. The number of amides is 2. The average molecular weight is 333 g/mol. The Morgan fingerprint density at radius 3 is 1.96 bits per heavy atom. The van der Waals surface area contributed by atoms with E-state index in [0.29, 0.717) is 13.0 Å². The second kappa shape index (κ2) is 6.78. The van der Waals surface area contributed by atoms with E-state index in [0.717, 1.165) is 11.1 Å². The number of benzene rings is 2. The molecule has 1 atom stereocenters. The molecule has 0 aliphatic carbocycles. The first-order chi connectivity index (χ1) is 12.1. The summed E-state index contributed by atoms with van der Waals surface area (Å²) in [4.78, 5) is 25.1. The lowest BCUT2D eigenvalue weighted by Crippen LogP contribution is -2.39. The van der Waals surface area contributed by atoms with Crippen molar-refractivity contribution in [3.8, 4) is 6.07 Å². The van der Waals surface area contributed by atoms with E-state index >= 15 is 0 Å². The largest absolute Gasteiger partial charge is 0.328 e. The van der Waals surface area contributed by atoms with Crippen molar-refractivity contribution in [1.29, 1.82) is 5.26 Å². The zero-order valence-electron chi connectivity index (χ0n) is 14.0. The van der Waals surface area contributed by atoms with Gasteiger partial charge in [-0.05, 0) is 24.5 Å². The van der Waals surface area contributed by atoms with Crippen molar-refractivity contribution in [2.75, 3.05) is 6.54 Å². The van der Waals surface area contributed by atoms with Gasteiger partial charge in [-0.1, -0.05) is 60.7 Å². The molecule has 0 radical (unpaired) electrons. The van der Waals surface area contributed by atoms with Crippen molar-refractivity contribution in [2.24, 2.45) is 0 Å². The minimum absolute atomic E-state index is 0.316. The van der Waals surface area contributed by atoms with Gasteiger partial charge in [0.15, 0.2) is 0 Å². The molecule has 5 nitrogen and oxygen atoms in total. The molecule has 0 spiro atoms. The maximum atomic E-state index is 12.0. The normalized spacial score (nSPS) is 17.3. The maximum absolute atomic E-state index is 12.0. The van der Waals surface area contributed by atoms with Crippen LogP contribution in [-0.2, 0) is 15.0 Å². The topological polar surface area (TPSA) is 73.2 Å². The molecule has 1 aliphatic heterocycles. The van der Waals surface area contributed by atoms with Crippen LogP contribution in [-0.4, -0.2) is 29.4 Å². The zero-order chi connectivity index (χ0) is 17.9. The Balaban J connectivity index is 1.97. The van der Waals surface area contributed by atoms with Gasteiger partial charge < -0.3 is 10.2 Å². The Bertz CT molecular complexity index is 772. The third-order valence-corrected chi connectivity index (χ3v) is 4.71. The van der Waals surface area contributed by atoms with E-state index in [-0.39, 0.29) is 6.17 Å². The van der Waals surface area contributed by atoms with E-state index in [2.05, 4.69) is 11.4 Å². The van der Waals surface area contributed by atoms with Crippen molar-refractivity contribution < 1.29 is 9.59 Å². The lowest BCUT2D eigenvalue weighted by atomic mass is 9.73. The first kappa shape index (κ1) is 16.7. The summed E-state index contributed by atoms with van der Waals surface area (Å²) >= 11 is 0. The van der Waals surface area contributed by atoms with Gasteiger partial charge in [-0.25, -0.2) is 0 Å². The van der Waals surface area contributed by atoms with Crippen LogP contribution in [0.15, 0.2) is 60.7 Å². The molecule has 126 valence electrons. The molecular formula is C20H19N3O2. The predicted octanol–water partition coefficient (Wildman–Crippen LogP) is 2.19. The predicted molar refractivity (Wildman–Crippen MR) is 93.2 cm³/mol. The number of carbonyl (C=O) groups excluding carboxylic acids is 2. The molecule has 1 aliphatic rings. The fourth-order valence-corrected chi connectivity index (χ4v) is 3.30. The first-order valence-electron chi connectivity index (χ1n) is 8.22. The molecule has 0 aromatic heterocycles. The highest BCUT2D eigenvalue weighted by molar-refractivity contribution is 6.36.